The Kier molecular flexibility index (Phi) is 4.95. The molecule has 0 radical (unpaired) electrons. The van der Waals surface area contributed by atoms with Crippen molar-refractivity contribution in [3.05, 3.63) is 36.0 Å². The second-order valence-corrected chi connectivity index (χ2v) is 4.50. The number of aliphatic hydroxyl groups excluding tert-OH is 1. The van der Waals surface area contributed by atoms with Crippen LogP contribution >= 0.6 is 0 Å². The number of hydrogen-bond donors (Lipinski definition) is 1. The summed E-state index contributed by atoms with van der Waals surface area (Å²) in [5.74, 6) is 2.35. The number of nitrogens with zero attached hydrogens (tertiary/aromatic N) is 2. The average molecular weight is 278 g/mol. The second kappa shape index (κ2) is 6.91. The molecule has 0 atom stereocenters. The van der Waals surface area contributed by atoms with Gasteiger partial charge in [-0.1, -0.05) is 26.0 Å². The van der Waals surface area contributed by atoms with Crippen molar-refractivity contribution in [3.8, 4) is 11.5 Å². The second-order valence-electron chi connectivity index (χ2n) is 4.50. The van der Waals surface area contributed by atoms with E-state index in [9.17, 15) is 0 Å². The first-order valence-electron chi connectivity index (χ1n) is 6.48. The van der Waals surface area contributed by atoms with Crippen molar-refractivity contribution in [2.24, 2.45) is 0 Å². The molecule has 108 valence electrons. The normalized spacial score (nSPS) is 10.8. The van der Waals surface area contributed by atoms with Gasteiger partial charge in [-0.3, -0.25) is 0 Å². The van der Waals surface area contributed by atoms with Gasteiger partial charge in [-0.2, -0.15) is 0 Å². The van der Waals surface area contributed by atoms with Gasteiger partial charge in [0.05, 0.1) is 6.61 Å². The molecular formula is C14H18N2O4. The maximum Gasteiger partial charge on any atom is 0.253 e. The molecular weight excluding hydrogens is 260 g/mol. The van der Waals surface area contributed by atoms with E-state index in [1.165, 1.54) is 0 Å². The minimum Gasteiger partial charge on any atom is -0.487 e. The lowest BCUT2D eigenvalue weighted by Gasteiger charge is -2.10. The van der Waals surface area contributed by atoms with E-state index in [-0.39, 0.29) is 25.7 Å². The Balaban J connectivity index is 1.99. The number of ether oxygens (including phenoxy) is 2. The minimum absolute atomic E-state index is 0.0459. The van der Waals surface area contributed by atoms with Crippen LogP contribution in [0.25, 0.3) is 0 Å². The van der Waals surface area contributed by atoms with Crippen LogP contribution in [0.1, 0.15) is 31.5 Å². The van der Waals surface area contributed by atoms with Gasteiger partial charge in [0.1, 0.15) is 6.61 Å². The van der Waals surface area contributed by atoms with E-state index in [0.29, 0.717) is 23.3 Å². The van der Waals surface area contributed by atoms with Crippen LogP contribution in [-0.2, 0) is 6.61 Å². The molecule has 0 aliphatic rings. The van der Waals surface area contributed by atoms with Crippen molar-refractivity contribution in [2.45, 2.75) is 26.4 Å². The van der Waals surface area contributed by atoms with Gasteiger partial charge in [0.15, 0.2) is 18.1 Å². The quantitative estimate of drug-likeness (QED) is 0.836. The van der Waals surface area contributed by atoms with Crippen molar-refractivity contribution in [1.29, 1.82) is 0 Å². The first-order chi connectivity index (χ1) is 9.70. The molecule has 1 aromatic carbocycles. The third kappa shape index (κ3) is 3.71. The summed E-state index contributed by atoms with van der Waals surface area (Å²) in [7, 11) is 0. The molecule has 2 aromatic rings. The molecule has 20 heavy (non-hydrogen) atoms. The van der Waals surface area contributed by atoms with Gasteiger partial charge < -0.3 is 19.0 Å². The van der Waals surface area contributed by atoms with Crippen molar-refractivity contribution in [1.82, 2.24) is 10.2 Å². The van der Waals surface area contributed by atoms with Crippen LogP contribution in [0, 0.1) is 0 Å². The van der Waals surface area contributed by atoms with Crippen LogP contribution in [-0.4, -0.2) is 28.5 Å². The number of rotatable bonds is 7. The lowest BCUT2D eigenvalue weighted by atomic mass is 10.2. The van der Waals surface area contributed by atoms with E-state index in [0.717, 1.165) is 0 Å². The number of hydrogen-bond acceptors (Lipinski definition) is 6. The van der Waals surface area contributed by atoms with Crippen LogP contribution in [0.15, 0.2) is 28.7 Å². The van der Waals surface area contributed by atoms with Crippen LogP contribution in [0.5, 0.6) is 11.5 Å². The highest BCUT2D eigenvalue weighted by Crippen LogP contribution is 2.27. The Morgan fingerprint density at radius 3 is 2.45 bits per heavy atom. The van der Waals surface area contributed by atoms with Crippen LogP contribution in [0.2, 0.25) is 0 Å². The smallest absolute Gasteiger partial charge is 0.253 e. The number of benzene rings is 1. The molecule has 0 unspecified atom stereocenters. The summed E-state index contributed by atoms with van der Waals surface area (Å²) in [5, 5.41) is 16.6. The standard InChI is InChI=1S/C14H18N2O4/c1-10(2)14-16-15-13(20-14)9-19-12-6-4-3-5-11(12)18-8-7-17/h3-6,10,17H,7-9H2,1-2H3. The molecule has 1 aromatic heterocycles. The van der Waals surface area contributed by atoms with Crippen LogP contribution in [0.4, 0.5) is 0 Å². The lowest BCUT2D eigenvalue weighted by Crippen LogP contribution is -2.04. The predicted octanol–water partition coefficient (Wildman–Crippen LogP) is 2.14. The molecule has 0 amide bonds. The zero-order chi connectivity index (χ0) is 14.4. The highest BCUT2D eigenvalue weighted by atomic mass is 16.5. The molecule has 1 heterocycles. The summed E-state index contributed by atoms with van der Waals surface area (Å²) in [6, 6.07) is 7.24. The Labute approximate surface area is 117 Å². The zero-order valence-corrected chi connectivity index (χ0v) is 11.6. The van der Waals surface area contributed by atoms with E-state index in [4.69, 9.17) is 19.0 Å². The SMILES string of the molecule is CC(C)c1nnc(COc2ccccc2OCCO)o1. The molecule has 0 bridgehead atoms. The monoisotopic (exact) mass is 278 g/mol. The fourth-order valence-corrected chi connectivity index (χ4v) is 1.54. The highest BCUT2D eigenvalue weighted by Gasteiger charge is 2.11. The summed E-state index contributed by atoms with van der Waals surface area (Å²) in [6.07, 6.45) is 0. The predicted molar refractivity (Wildman–Crippen MR) is 71.7 cm³/mol. The summed E-state index contributed by atoms with van der Waals surface area (Å²) in [4.78, 5) is 0. The Bertz CT molecular complexity index is 539. The Morgan fingerprint density at radius 1 is 1.15 bits per heavy atom. The van der Waals surface area contributed by atoms with Crippen LogP contribution < -0.4 is 9.47 Å². The lowest BCUT2D eigenvalue weighted by molar-refractivity contribution is 0.189. The summed E-state index contributed by atoms with van der Waals surface area (Å²) < 4.78 is 16.4. The minimum atomic E-state index is -0.0459. The van der Waals surface area contributed by atoms with Gasteiger partial charge in [-0.15, -0.1) is 10.2 Å². The van der Waals surface area contributed by atoms with Gasteiger partial charge >= 0.3 is 0 Å². The van der Waals surface area contributed by atoms with Crippen molar-refractivity contribution >= 4 is 0 Å². The third-order valence-corrected chi connectivity index (χ3v) is 2.53. The summed E-state index contributed by atoms with van der Waals surface area (Å²) >= 11 is 0. The number of para-hydroxylation sites is 2. The maximum atomic E-state index is 8.78. The molecule has 0 aliphatic carbocycles. The van der Waals surface area contributed by atoms with Crippen molar-refractivity contribution < 1.29 is 19.0 Å². The van der Waals surface area contributed by atoms with Crippen molar-refractivity contribution in [3.63, 3.8) is 0 Å². The summed E-state index contributed by atoms with van der Waals surface area (Å²) in [5.41, 5.74) is 0. The van der Waals surface area contributed by atoms with Gasteiger partial charge in [-0.25, -0.2) is 0 Å². The number of aliphatic hydroxyl groups is 1. The van der Waals surface area contributed by atoms with Gasteiger partial charge in [0, 0.05) is 5.92 Å². The highest BCUT2D eigenvalue weighted by molar-refractivity contribution is 5.39. The van der Waals surface area contributed by atoms with E-state index >= 15 is 0 Å². The third-order valence-electron chi connectivity index (χ3n) is 2.53. The van der Waals surface area contributed by atoms with Crippen LogP contribution in [0.3, 0.4) is 0 Å². The van der Waals surface area contributed by atoms with Gasteiger partial charge in [-0.05, 0) is 12.1 Å². The molecule has 0 saturated carbocycles. The molecule has 0 spiro atoms. The van der Waals surface area contributed by atoms with E-state index in [2.05, 4.69) is 10.2 Å². The molecule has 6 heteroatoms. The molecule has 0 saturated heterocycles. The average Bonchev–Trinajstić information content (AvgIpc) is 2.93. The molecule has 2 rings (SSSR count). The first kappa shape index (κ1) is 14.3. The zero-order valence-electron chi connectivity index (χ0n) is 11.6. The van der Waals surface area contributed by atoms with Gasteiger partial charge in [0.2, 0.25) is 5.89 Å². The summed E-state index contributed by atoms with van der Waals surface area (Å²) in [6.45, 7) is 4.32. The largest absolute Gasteiger partial charge is 0.487 e. The molecule has 0 fully saturated rings. The van der Waals surface area contributed by atoms with E-state index < -0.39 is 0 Å². The fraction of sp³-hybridized carbons (Fsp3) is 0.429. The maximum absolute atomic E-state index is 8.78. The Morgan fingerprint density at radius 2 is 1.85 bits per heavy atom. The molecule has 0 aliphatic heterocycles. The topological polar surface area (TPSA) is 77.6 Å². The molecule has 1 N–H and O–H groups in total. The first-order valence-corrected chi connectivity index (χ1v) is 6.48. The van der Waals surface area contributed by atoms with E-state index in [1.807, 2.05) is 26.0 Å². The number of aromatic nitrogens is 2. The van der Waals surface area contributed by atoms with Gasteiger partial charge in [0.25, 0.3) is 5.89 Å². The fourth-order valence-electron chi connectivity index (χ4n) is 1.54. The van der Waals surface area contributed by atoms with Crippen molar-refractivity contribution in [2.75, 3.05) is 13.2 Å². The Hall–Kier alpha value is -2.08. The molecule has 6 nitrogen and oxygen atoms in total. The van der Waals surface area contributed by atoms with E-state index in [1.54, 1.807) is 12.1 Å².